The van der Waals surface area contributed by atoms with Gasteiger partial charge in [0, 0.05) is 18.3 Å². The number of esters is 1. The highest BCUT2D eigenvalue weighted by Crippen LogP contribution is 2.71. The molecule has 144 valence electrons. The van der Waals surface area contributed by atoms with Gasteiger partial charge in [0.15, 0.2) is 5.78 Å². The van der Waals surface area contributed by atoms with E-state index in [0.29, 0.717) is 18.1 Å². The number of rotatable bonds is 2. The van der Waals surface area contributed by atoms with Crippen molar-refractivity contribution in [1.82, 2.24) is 0 Å². The molecule has 0 amide bonds. The zero-order chi connectivity index (χ0) is 18.9. The van der Waals surface area contributed by atoms with Gasteiger partial charge in [-0.25, -0.2) is 0 Å². The van der Waals surface area contributed by atoms with E-state index in [4.69, 9.17) is 4.74 Å². The zero-order valence-electron chi connectivity index (χ0n) is 16.3. The topological polar surface area (TPSA) is 63.6 Å². The van der Waals surface area contributed by atoms with Crippen LogP contribution in [0.15, 0.2) is 12.2 Å². The summed E-state index contributed by atoms with van der Waals surface area (Å²) in [5.74, 6) is 0.524. The second-order valence-corrected chi connectivity index (χ2v) is 9.96. The van der Waals surface area contributed by atoms with Gasteiger partial charge in [-0.3, -0.25) is 9.59 Å². The number of aliphatic hydroxyl groups excluding tert-OH is 1. The minimum Gasteiger partial charge on any atom is -0.465 e. The summed E-state index contributed by atoms with van der Waals surface area (Å²) in [7, 11) is 0. The number of aliphatic hydroxyl groups is 1. The second-order valence-electron chi connectivity index (χ2n) is 9.96. The van der Waals surface area contributed by atoms with Gasteiger partial charge in [0.2, 0.25) is 0 Å². The Bertz CT molecular complexity index is 669. The van der Waals surface area contributed by atoms with Crippen LogP contribution < -0.4 is 0 Å². The lowest BCUT2D eigenvalue weighted by atomic mass is 9.40. The highest BCUT2D eigenvalue weighted by molar-refractivity contribution is 6.04. The Kier molecular flexibility index (Phi) is 3.97. The SMILES string of the molecule is C=C1C(=O)C23CCC4C(C)(COC(C)=O)CCCC4(C)C2CCC1C3O. The van der Waals surface area contributed by atoms with E-state index in [-0.39, 0.29) is 34.4 Å². The molecule has 26 heavy (non-hydrogen) atoms. The molecule has 0 saturated heterocycles. The highest BCUT2D eigenvalue weighted by atomic mass is 16.5. The van der Waals surface area contributed by atoms with E-state index in [1.165, 1.54) is 6.92 Å². The average Bonchev–Trinajstić information content (AvgIpc) is 2.69. The van der Waals surface area contributed by atoms with E-state index in [1.54, 1.807) is 0 Å². The summed E-state index contributed by atoms with van der Waals surface area (Å²) in [4.78, 5) is 24.6. The molecule has 0 aromatic heterocycles. The molecule has 1 spiro atoms. The first kappa shape index (κ1) is 18.2. The molecule has 7 atom stereocenters. The molecule has 1 N–H and O–H groups in total. The number of hydrogen-bond donors (Lipinski definition) is 1. The standard InChI is InChI=1S/C22H32O4/c1-13-15-6-7-17-21(4)10-5-9-20(3,12-26-14(2)23)16(21)8-11-22(17,18(13)24)19(15)25/h15-17,19,25H,1,5-12H2,2-4H3. The fourth-order valence-electron chi connectivity index (χ4n) is 7.74. The molecule has 4 saturated carbocycles. The van der Waals surface area contributed by atoms with E-state index in [2.05, 4.69) is 20.4 Å². The van der Waals surface area contributed by atoms with Crippen molar-refractivity contribution in [2.45, 2.75) is 71.8 Å². The van der Waals surface area contributed by atoms with Crippen LogP contribution in [0.2, 0.25) is 0 Å². The number of carbonyl (C=O) groups excluding carboxylic acids is 2. The molecule has 4 rings (SSSR count). The van der Waals surface area contributed by atoms with E-state index in [9.17, 15) is 14.7 Å². The van der Waals surface area contributed by atoms with Crippen LogP contribution in [0.1, 0.15) is 65.7 Å². The molecule has 7 unspecified atom stereocenters. The maximum Gasteiger partial charge on any atom is 0.302 e. The third-order valence-electron chi connectivity index (χ3n) is 8.81. The number of hydrogen-bond acceptors (Lipinski definition) is 4. The molecular weight excluding hydrogens is 328 g/mol. The number of ether oxygens (including phenoxy) is 1. The number of Topliss-reactive ketones (excluding diaryl/α,β-unsaturated/α-hetero) is 1. The van der Waals surface area contributed by atoms with Crippen molar-refractivity contribution in [2.75, 3.05) is 6.61 Å². The lowest BCUT2D eigenvalue weighted by Crippen LogP contribution is -2.62. The first-order valence-corrected chi connectivity index (χ1v) is 10.2. The normalized spacial score (nSPS) is 50.2. The second kappa shape index (κ2) is 5.67. The fourth-order valence-corrected chi connectivity index (χ4v) is 7.74. The van der Waals surface area contributed by atoms with Crippen LogP contribution in [0.4, 0.5) is 0 Å². The van der Waals surface area contributed by atoms with Crippen molar-refractivity contribution in [1.29, 1.82) is 0 Å². The van der Waals surface area contributed by atoms with Crippen LogP contribution in [0.25, 0.3) is 0 Å². The summed E-state index contributed by atoms with van der Waals surface area (Å²) in [6.07, 6.45) is 6.25. The van der Waals surface area contributed by atoms with Crippen LogP contribution >= 0.6 is 0 Å². The minimum absolute atomic E-state index is 0.0115. The molecule has 4 heteroatoms. The van der Waals surface area contributed by atoms with Crippen molar-refractivity contribution in [2.24, 2.45) is 34.0 Å². The summed E-state index contributed by atoms with van der Waals surface area (Å²) in [5.41, 5.74) is 0.0315. The maximum absolute atomic E-state index is 13.2. The van der Waals surface area contributed by atoms with Gasteiger partial charge in [-0.15, -0.1) is 0 Å². The highest BCUT2D eigenvalue weighted by Gasteiger charge is 2.70. The van der Waals surface area contributed by atoms with Gasteiger partial charge in [-0.05, 0) is 61.3 Å². The average molecular weight is 360 g/mol. The van der Waals surface area contributed by atoms with Crippen molar-refractivity contribution >= 4 is 11.8 Å². The van der Waals surface area contributed by atoms with Gasteiger partial charge in [0.1, 0.15) is 0 Å². The Morgan fingerprint density at radius 3 is 2.62 bits per heavy atom. The number of carbonyl (C=O) groups is 2. The Morgan fingerprint density at radius 2 is 1.92 bits per heavy atom. The molecule has 0 aliphatic heterocycles. The molecule has 0 heterocycles. The monoisotopic (exact) mass is 360 g/mol. The molecule has 0 aromatic carbocycles. The Hall–Kier alpha value is -1.16. The van der Waals surface area contributed by atoms with E-state index < -0.39 is 11.5 Å². The summed E-state index contributed by atoms with van der Waals surface area (Å²) < 4.78 is 5.46. The van der Waals surface area contributed by atoms with E-state index in [1.807, 2.05) is 0 Å². The summed E-state index contributed by atoms with van der Waals surface area (Å²) >= 11 is 0. The molecule has 4 fully saturated rings. The quantitative estimate of drug-likeness (QED) is 0.603. The Morgan fingerprint density at radius 1 is 1.19 bits per heavy atom. The number of ketones is 1. The largest absolute Gasteiger partial charge is 0.465 e. The summed E-state index contributed by atoms with van der Waals surface area (Å²) in [6.45, 7) is 10.6. The maximum atomic E-state index is 13.2. The molecular formula is C22H32O4. The van der Waals surface area contributed by atoms with Crippen LogP contribution in [-0.2, 0) is 14.3 Å². The molecule has 2 bridgehead atoms. The Balaban J connectivity index is 1.72. The summed E-state index contributed by atoms with van der Waals surface area (Å²) in [5, 5.41) is 11.1. The molecule has 4 aliphatic rings. The van der Waals surface area contributed by atoms with Gasteiger partial charge < -0.3 is 9.84 Å². The van der Waals surface area contributed by atoms with E-state index in [0.717, 1.165) is 44.9 Å². The number of fused-ring (bicyclic) bond motifs is 3. The van der Waals surface area contributed by atoms with Crippen LogP contribution in [0.3, 0.4) is 0 Å². The lowest BCUT2D eigenvalue weighted by molar-refractivity contribution is -0.196. The van der Waals surface area contributed by atoms with Gasteiger partial charge in [0.25, 0.3) is 0 Å². The first-order chi connectivity index (χ1) is 12.2. The van der Waals surface area contributed by atoms with Crippen LogP contribution in [-0.4, -0.2) is 29.6 Å². The van der Waals surface area contributed by atoms with Gasteiger partial charge in [-0.2, -0.15) is 0 Å². The third kappa shape index (κ3) is 2.11. The summed E-state index contributed by atoms with van der Waals surface area (Å²) in [6, 6.07) is 0. The first-order valence-electron chi connectivity index (χ1n) is 10.2. The van der Waals surface area contributed by atoms with E-state index >= 15 is 0 Å². The zero-order valence-corrected chi connectivity index (χ0v) is 16.3. The van der Waals surface area contributed by atoms with Crippen molar-refractivity contribution in [3.8, 4) is 0 Å². The van der Waals surface area contributed by atoms with Crippen molar-refractivity contribution < 1.29 is 19.4 Å². The third-order valence-corrected chi connectivity index (χ3v) is 8.81. The molecule has 4 aliphatic carbocycles. The Labute approximate surface area is 156 Å². The van der Waals surface area contributed by atoms with Gasteiger partial charge in [0.05, 0.1) is 18.1 Å². The smallest absolute Gasteiger partial charge is 0.302 e. The van der Waals surface area contributed by atoms with Gasteiger partial charge in [-0.1, -0.05) is 26.8 Å². The molecule has 0 radical (unpaired) electrons. The fraction of sp³-hybridized carbons (Fsp3) is 0.818. The predicted molar refractivity (Wildman–Crippen MR) is 98.2 cm³/mol. The minimum atomic E-state index is -0.606. The van der Waals surface area contributed by atoms with Crippen molar-refractivity contribution in [3.05, 3.63) is 12.2 Å². The predicted octanol–water partition coefficient (Wildman–Crippen LogP) is 3.67. The molecule has 4 nitrogen and oxygen atoms in total. The van der Waals surface area contributed by atoms with Crippen LogP contribution in [0, 0.1) is 34.0 Å². The van der Waals surface area contributed by atoms with Crippen molar-refractivity contribution in [3.63, 3.8) is 0 Å². The van der Waals surface area contributed by atoms with Gasteiger partial charge >= 0.3 is 5.97 Å². The molecule has 0 aromatic rings. The van der Waals surface area contributed by atoms with Crippen LogP contribution in [0.5, 0.6) is 0 Å². The lowest BCUT2D eigenvalue weighted by Gasteiger charge is -2.64.